The largest absolute Gasteiger partial charge is 0.496 e. The minimum Gasteiger partial charge on any atom is -0.496 e. The highest BCUT2D eigenvalue weighted by Crippen LogP contribution is 2.36. The van der Waals surface area contributed by atoms with Crippen LogP contribution in [0, 0.1) is 0 Å². The van der Waals surface area contributed by atoms with Crippen molar-refractivity contribution in [1.29, 1.82) is 0 Å². The summed E-state index contributed by atoms with van der Waals surface area (Å²) in [5.41, 5.74) is 0.865. The monoisotopic (exact) mass is 275 g/mol. The summed E-state index contributed by atoms with van der Waals surface area (Å²) in [5, 5.41) is 3.64. The summed E-state index contributed by atoms with van der Waals surface area (Å²) in [7, 11) is 4.24. The van der Waals surface area contributed by atoms with Gasteiger partial charge >= 0.3 is 0 Å². The van der Waals surface area contributed by atoms with E-state index in [9.17, 15) is 9.59 Å². The Balaban J connectivity index is 2.78. The van der Waals surface area contributed by atoms with E-state index in [2.05, 4.69) is 9.99 Å². The molecule has 1 aliphatic carbocycles. The smallest absolute Gasteiger partial charge is 0.190 e. The molecule has 2 rings (SSSR count). The van der Waals surface area contributed by atoms with Crippen LogP contribution in [0.5, 0.6) is 11.5 Å². The maximum Gasteiger partial charge on any atom is 0.190 e. The first kappa shape index (κ1) is 13.8. The molecule has 0 radical (unpaired) electrons. The summed E-state index contributed by atoms with van der Waals surface area (Å²) in [5.74, 6) is -0.0576. The van der Waals surface area contributed by atoms with Gasteiger partial charge < -0.3 is 14.3 Å². The Hall–Kier alpha value is -2.63. The number of methoxy groups -OCH3 is 2. The molecule has 0 aliphatic heterocycles. The van der Waals surface area contributed by atoms with Crippen molar-refractivity contribution in [2.45, 2.75) is 0 Å². The van der Waals surface area contributed by atoms with Crippen LogP contribution in [0.1, 0.15) is 26.3 Å². The fourth-order valence-electron chi connectivity index (χ4n) is 2.04. The van der Waals surface area contributed by atoms with Gasteiger partial charge in [0, 0.05) is 5.56 Å². The molecule has 0 spiro atoms. The Morgan fingerprint density at radius 3 is 2.20 bits per heavy atom. The van der Waals surface area contributed by atoms with Gasteiger partial charge in [0.1, 0.15) is 18.6 Å². The predicted molar refractivity (Wildman–Crippen MR) is 72.0 cm³/mol. The third-order valence-corrected chi connectivity index (χ3v) is 2.87. The van der Waals surface area contributed by atoms with Gasteiger partial charge in [-0.15, -0.1) is 0 Å². The number of carbonyl (C=O) groups is 2. The summed E-state index contributed by atoms with van der Waals surface area (Å²) < 4.78 is 10.4. The molecule has 1 aromatic rings. The second-order valence-corrected chi connectivity index (χ2v) is 3.93. The number of benzene rings is 1. The van der Waals surface area contributed by atoms with E-state index >= 15 is 0 Å². The van der Waals surface area contributed by atoms with Crippen LogP contribution in [0.15, 0.2) is 23.4 Å². The highest BCUT2D eigenvalue weighted by atomic mass is 16.6. The number of ether oxygens (including phenoxy) is 2. The number of nitrogens with zero attached hydrogens (tertiary/aromatic N) is 1. The first-order valence-corrected chi connectivity index (χ1v) is 5.76. The molecule has 0 saturated carbocycles. The van der Waals surface area contributed by atoms with Crippen molar-refractivity contribution < 1.29 is 23.9 Å². The van der Waals surface area contributed by atoms with Crippen LogP contribution >= 0.6 is 0 Å². The van der Waals surface area contributed by atoms with Gasteiger partial charge in [-0.2, -0.15) is 0 Å². The minimum absolute atomic E-state index is 0.178. The van der Waals surface area contributed by atoms with E-state index in [-0.39, 0.29) is 28.4 Å². The van der Waals surface area contributed by atoms with Crippen molar-refractivity contribution in [2.24, 2.45) is 5.16 Å². The van der Waals surface area contributed by atoms with Crippen LogP contribution in [-0.2, 0) is 4.84 Å². The highest BCUT2D eigenvalue weighted by Gasteiger charge is 2.29. The fourth-order valence-corrected chi connectivity index (χ4v) is 2.04. The number of allylic oxidation sites excluding steroid dienone is 2. The maximum atomic E-state index is 12.1. The van der Waals surface area contributed by atoms with Crippen molar-refractivity contribution in [3.05, 3.63) is 34.9 Å². The highest BCUT2D eigenvalue weighted by molar-refractivity contribution is 6.25. The molecule has 1 aromatic carbocycles. The van der Waals surface area contributed by atoms with E-state index < -0.39 is 0 Å². The Morgan fingerprint density at radius 1 is 1.00 bits per heavy atom. The zero-order valence-electron chi connectivity index (χ0n) is 11.3. The lowest BCUT2D eigenvalue weighted by atomic mass is 9.91. The van der Waals surface area contributed by atoms with Crippen LogP contribution in [0.3, 0.4) is 0 Å². The first-order chi connectivity index (χ1) is 9.63. The van der Waals surface area contributed by atoms with Gasteiger partial charge in [-0.25, -0.2) is 0 Å². The zero-order valence-corrected chi connectivity index (χ0v) is 11.3. The number of hydrogen-bond donors (Lipinski definition) is 0. The number of rotatable bonds is 4. The average Bonchev–Trinajstić information content (AvgIpc) is 2.47. The van der Waals surface area contributed by atoms with Crippen molar-refractivity contribution in [3.8, 4) is 11.5 Å². The lowest BCUT2D eigenvalue weighted by Crippen LogP contribution is -2.16. The topological polar surface area (TPSA) is 74.2 Å². The molecule has 6 nitrogen and oxygen atoms in total. The molecule has 6 heteroatoms. The average molecular weight is 275 g/mol. The Bertz CT molecular complexity index is 631. The molecule has 0 N–H and O–H groups in total. The first-order valence-electron chi connectivity index (χ1n) is 5.76. The maximum absolute atomic E-state index is 12.1. The van der Waals surface area contributed by atoms with Crippen LogP contribution in [0.25, 0.3) is 0 Å². The van der Waals surface area contributed by atoms with Gasteiger partial charge in [-0.1, -0.05) is 5.16 Å². The Morgan fingerprint density at radius 2 is 1.65 bits per heavy atom. The van der Waals surface area contributed by atoms with Crippen LogP contribution in [-0.4, -0.2) is 39.1 Å². The van der Waals surface area contributed by atoms with E-state index in [0.29, 0.717) is 11.3 Å². The van der Waals surface area contributed by atoms with E-state index in [1.54, 1.807) is 6.07 Å². The molecule has 0 heterocycles. The second kappa shape index (κ2) is 5.56. The lowest BCUT2D eigenvalue weighted by molar-refractivity contribution is 0.0989. The molecule has 0 unspecified atom stereocenters. The molecule has 0 bridgehead atoms. The Labute approximate surface area is 115 Å². The van der Waals surface area contributed by atoms with Crippen LogP contribution < -0.4 is 9.47 Å². The molecule has 0 atom stereocenters. The molecule has 104 valence electrons. The SMILES string of the molecule is CON=Cc1cc(OC)c2c(c1OC)C(=O)C=CC2=O. The minimum atomic E-state index is -0.317. The quantitative estimate of drug-likeness (QED) is 0.616. The number of oxime groups is 1. The molecule has 1 aliphatic rings. The molecule has 20 heavy (non-hydrogen) atoms. The molecule has 0 amide bonds. The second-order valence-electron chi connectivity index (χ2n) is 3.93. The summed E-state index contributed by atoms with van der Waals surface area (Å²) >= 11 is 0. The molecular weight excluding hydrogens is 262 g/mol. The van der Waals surface area contributed by atoms with Gasteiger partial charge in [0.25, 0.3) is 0 Å². The normalized spacial score (nSPS) is 13.6. The van der Waals surface area contributed by atoms with Crippen molar-refractivity contribution in [2.75, 3.05) is 21.3 Å². The molecule has 0 fully saturated rings. The van der Waals surface area contributed by atoms with E-state index in [0.717, 1.165) is 0 Å². The van der Waals surface area contributed by atoms with E-state index in [1.165, 1.54) is 39.7 Å². The molecule has 0 aromatic heterocycles. The summed E-state index contributed by atoms with van der Waals surface area (Å²) in [6.45, 7) is 0. The van der Waals surface area contributed by atoms with Gasteiger partial charge in [0.15, 0.2) is 11.6 Å². The summed E-state index contributed by atoms with van der Waals surface area (Å²) in [6.07, 6.45) is 3.82. The zero-order chi connectivity index (χ0) is 14.7. The lowest BCUT2D eigenvalue weighted by Gasteiger charge is -2.18. The molecular formula is C14H13NO5. The van der Waals surface area contributed by atoms with Crippen molar-refractivity contribution in [3.63, 3.8) is 0 Å². The van der Waals surface area contributed by atoms with Gasteiger partial charge in [0.2, 0.25) is 0 Å². The van der Waals surface area contributed by atoms with Crippen molar-refractivity contribution in [1.82, 2.24) is 0 Å². The fraction of sp³-hybridized carbons (Fsp3) is 0.214. The van der Waals surface area contributed by atoms with Gasteiger partial charge in [-0.3, -0.25) is 9.59 Å². The van der Waals surface area contributed by atoms with Crippen LogP contribution in [0.4, 0.5) is 0 Å². The predicted octanol–water partition coefficient (Wildman–Crippen LogP) is 1.62. The molecule has 0 saturated heterocycles. The van der Waals surface area contributed by atoms with Crippen molar-refractivity contribution >= 4 is 17.8 Å². The summed E-state index contributed by atoms with van der Waals surface area (Å²) in [4.78, 5) is 28.6. The summed E-state index contributed by atoms with van der Waals surface area (Å²) in [6, 6.07) is 1.57. The van der Waals surface area contributed by atoms with Gasteiger partial charge in [-0.05, 0) is 18.2 Å². The Kier molecular flexibility index (Phi) is 3.84. The number of hydrogen-bond acceptors (Lipinski definition) is 6. The number of fused-ring (bicyclic) bond motifs is 1. The number of carbonyl (C=O) groups excluding carboxylic acids is 2. The van der Waals surface area contributed by atoms with E-state index in [1.807, 2.05) is 0 Å². The standard InChI is InChI=1S/C14H13NO5/c1-18-11-6-8(7-15-20-3)14(19-2)13-10(17)5-4-9(16)12(11)13/h4-7H,1-3H3. The number of ketones is 2. The third kappa shape index (κ3) is 2.16. The third-order valence-electron chi connectivity index (χ3n) is 2.87. The van der Waals surface area contributed by atoms with E-state index in [4.69, 9.17) is 9.47 Å². The van der Waals surface area contributed by atoms with Gasteiger partial charge in [0.05, 0.1) is 31.6 Å². The van der Waals surface area contributed by atoms with Crippen LogP contribution in [0.2, 0.25) is 0 Å².